The van der Waals surface area contributed by atoms with Crippen molar-refractivity contribution in [1.82, 2.24) is 9.88 Å². The number of urea groups is 1. The van der Waals surface area contributed by atoms with E-state index in [0.29, 0.717) is 29.9 Å². The molecule has 0 unspecified atom stereocenters. The number of anilines is 1. The summed E-state index contributed by atoms with van der Waals surface area (Å²) >= 11 is 0. The van der Waals surface area contributed by atoms with Gasteiger partial charge in [0.25, 0.3) is 0 Å². The molecule has 2 aromatic carbocycles. The van der Waals surface area contributed by atoms with Crippen molar-refractivity contribution < 1.29 is 9.21 Å². The van der Waals surface area contributed by atoms with Crippen molar-refractivity contribution in [3.8, 4) is 0 Å². The number of fused-ring (bicyclic) bond motifs is 1. The highest BCUT2D eigenvalue weighted by atomic mass is 16.4. The highest BCUT2D eigenvalue weighted by molar-refractivity contribution is 5.91. The van der Waals surface area contributed by atoms with Gasteiger partial charge in [-0.2, -0.15) is 0 Å². The molecule has 0 aliphatic carbocycles. The van der Waals surface area contributed by atoms with E-state index in [4.69, 9.17) is 4.42 Å². The molecule has 1 heterocycles. The summed E-state index contributed by atoms with van der Waals surface area (Å²) < 4.78 is 6.68. The standard InChI is InChI=1S/C19H19N3O3/c1-3-10-22-16-9-8-15(11-17(16)25-19(22)24)21-18(23)20-12-14-6-4-13(2)5-7-14/h3-9,11H,1,10,12H2,2H3,(H2,20,21,23). The van der Waals surface area contributed by atoms with Crippen LogP contribution in [0.15, 0.2) is 64.3 Å². The summed E-state index contributed by atoms with van der Waals surface area (Å²) in [5, 5.41) is 5.53. The summed E-state index contributed by atoms with van der Waals surface area (Å²) in [5.74, 6) is -0.448. The van der Waals surface area contributed by atoms with Crippen LogP contribution >= 0.6 is 0 Å². The molecular formula is C19H19N3O3. The molecule has 0 aliphatic rings. The molecule has 3 aromatic rings. The molecule has 6 nitrogen and oxygen atoms in total. The molecule has 0 atom stereocenters. The number of carbonyl (C=O) groups excluding carboxylic acids is 1. The fourth-order valence-corrected chi connectivity index (χ4v) is 2.51. The normalized spacial score (nSPS) is 10.6. The quantitative estimate of drug-likeness (QED) is 0.701. The first-order valence-corrected chi connectivity index (χ1v) is 7.91. The zero-order valence-corrected chi connectivity index (χ0v) is 13.9. The smallest absolute Gasteiger partial charge is 0.408 e. The van der Waals surface area contributed by atoms with Crippen LogP contribution in [-0.2, 0) is 13.1 Å². The van der Waals surface area contributed by atoms with Crippen LogP contribution < -0.4 is 16.4 Å². The van der Waals surface area contributed by atoms with Crippen molar-refractivity contribution in [2.75, 3.05) is 5.32 Å². The van der Waals surface area contributed by atoms with Crippen LogP contribution in [0.5, 0.6) is 0 Å². The number of oxazole rings is 1. The Morgan fingerprint density at radius 3 is 2.72 bits per heavy atom. The predicted molar refractivity (Wildman–Crippen MR) is 97.7 cm³/mol. The van der Waals surface area contributed by atoms with Gasteiger partial charge in [0.15, 0.2) is 5.58 Å². The van der Waals surface area contributed by atoms with E-state index in [9.17, 15) is 9.59 Å². The summed E-state index contributed by atoms with van der Waals surface area (Å²) in [6.45, 7) is 6.44. The average Bonchev–Trinajstić information content (AvgIpc) is 2.90. The molecule has 0 saturated carbocycles. The molecular weight excluding hydrogens is 318 g/mol. The molecule has 25 heavy (non-hydrogen) atoms. The second-order valence-corrected chi connectivity index (χ2v) is 5.74. The van der Waals surface area contributed by atoms with E-state index in [1.807, 2.05) is 31.2 Å². The minimum atomic E-state index is -0.448. The summed E-state index contributed by atoms with van der Waals surface area (Å²) in [5.41, 5.74) is 3.82. The van der Waals surface area contributed by atoms with Gasteiger partial charge < -0.3 is 15.1 Å². The number of nitrogens with zero attached hydrogens (tertiary/aromatic N) is 1. The first-order valence-electron chi connectivity index (χ1n) is 7.91. The number of hydrogen-bond acceptors (Lipinski definition) is 3. The van der Waals surface area contributed by atoms with E-state index in [0.717, 1.165) is 5.56 Å². The molecule has 6 heteroatoms. The van der Waals surface area contributed by atoms with E-state index >= 15 is 0 Å². The van der Waals surface area contributed by atoms with Gasteiger partial charge in [-0.15, -0.1) is 6.58 Å². The Morgan fingerprint density at radius 1 is 1.24 bits per heavy atom. The maximum atomic E-state index is 12.0. The molecule has 0 fully saturated rings. The fourth-order valence-electron chi connectivity index (χ4n) is 2.51. The van der Waals surface area contributed by atoms with Crippen LogP contribution in [0, 0.1) is 6.92 Å². The maximum Gasteiger partial charge on any atom is 0.420 e. The number of aromatic nitrogens is 1. The largest absolute Gasteiger partial charge is 0.420 e. The lowest BCUT2D eigenvalue weighted by atomic mass is 10.1. The summed E-state index contributed by atoms with van der Waals surface area (Å²) in [6.07, 6.45) is 1.63. The molecule has 3 rings (SSSR count). The SMILES string of the molecule is C=CCn1c(=O)oc2cc(NC(=O)NCc3ccc(C)cc3)ccc21. The zero-order valence-electron chi connectivity index (χ0n) is 13.9. The molecule has 2 N–H and O–H groups in total. The first kappa shape index (κ1) is 16.6. The van der Waals surface area contributed by atoms with E-state index in [1.165, 1.54) is 10.1 Å². The van der Waals surface area contributed by atoms with Gasteiger partial charge >= 0.3 is 11.8 Å². The van der Waals surface area contributed by atoms with Crippen LogP contribution in [0.2, 0.25) is 0 Å². The number of benzene rings is 2. The molecule has 128 valence electrons. The van der Waals surface area contributed by atoms with Gasteiger partial charge in [-0.25, -0.2) is 9.59 Å². The van der Waals surface area contributed by atoms with Gasteiger partial charge in [0.2, 0.25) is 0 Å². The third kappa shape index (κ3) is 3.80. The van der Waals surface area contributed by atoms with E-state index in [-0.39, 0.29) is 6.03 Å². The Labute approximate surface area is 144 Å². The monoisotopic (exact) mass is 337 g/mol. The number of rotatable bonds is 5. The van der Waals surface area contributed by atoms with Crippen LogP contribution in [0.3, 0.4) is 0 Å². The molecule has 2 amide bonds. The number of hydrogen-bond donors (Lipinski definition) is 2. The minimum absolute atomic E-state index is 0.326. The minimum Gasteiger partial charge on any atom is -0.408 e. The van der Waals surface area contributed by atoms with Gasteiger partial charge in [-0.1, -0.05) is 35.9 Å². The molecule has 0 aliphatic heterocycles. The number of nitrogens with one attached hydrogen (secondary N) is 2. The van der Waals surface area contributed by atoms with Crippen molar-refractivity contribution in [1.29, 1.82) is 0 Å². The van der Waals surface area contributed by atoms with Crippen LogP contribution in [0.25, 0.3) is 11.1 Å². The van der Waals surface area contributed by atoms with Gasteiger partial charge in [-0.3, -0.25) is 4.57 Å². The zero-order chi connectivity index (χ0) is 17.8. The summed E-state index contributed by atoms with van der Waals surface area (Å²) in [4.78, 5) is 23.8. The number of carbonyl (C=O) groups is 1. The molecule has 0 radical (unpaired) electrons. The third-order valence-electron chi connectivity index (χ3n) is 3.81. The van der Waals surface area contributed by atoms with E-state index < -0.39 is 5.76 Å². The Kier molecular flexibility index (Phi) is 4.70. The van der Waals surface area contributed by atoms with Crippen LogP contribution in [-0.4, -0.2) is 10.6 Å². The first-order chi connectivity index (χ1) is 12.1. The van der Waals surface area contributed by atoms with Crippen LogP contribution in [0.4, 0.5) is 10.5 Å². The number of aryl methyl sites for hydroxylation is 1. The lowest BCUT2D eigenvalue weighted by Gasteiger charge is -2.08. The Bertz CT molecular complexity index is 968. The summed E-state index contributed by atoms with van der Waals surface area (Å²) in [6, 6.07) is 12.7. The summed E-state index contributed by atoms with van der Waals surface area (Å²) in [7, 11) is 0. The van der Waals surface area contributed by atoms with Gasteiger partial charge in [0, 0.05) is 24.8 Å². The molecule has 1 aromatic heterocycles. The third-order valence-corrected chi connectivity index (χ3v) is 3.81. The second-order valence-electron chi connectivity index (χ2n) is 5.74. The molecule has 0 spiro atoms. The lowest BCUT2D eigenvalue weighted by Crippen LogP contribution is -2.28. The van der Waals surface area contributed by atoms with Crippen molar-refractivity contribution in [2.45, 2.75) is 20.0 Å². The van der Waals surface area contributed by atoms with E-state index in [1.54, 1.807) is 24.3 Å². The molecule has 0 bridgehead atoms. The van der Waals surface area contributed by atoms with Crippen molar-refractivity contribution >= 4 is 22.8 Å². The molecule has 0 saturated heterocycles. The van der Waals surface area contributed by atoms with Gasteiger partial charge in [-0.05, 0) is 24.6 Å². The van der Waals surface area contributed by atoms with Gasteiger partial charge in [0.1, 0.15) is 0 Å². The number of allylic oxidation sites excluding steroid dienone is 1. The lowest BCUT2D eigenvalue weighted by molar-refractivity contribution is 0.251. The fraction of sp³-hybridized carbons (Fsp3) is 0.158. The Morgan fingerprint density at radius 2 is 2.00 bits per heavy atom. The average molecular weight is 337 g/mol. The second kappa shape index (κ2) is 7.09. The Balaban J connectivity index is 1.67. The Hall–Kier alpha value is -3.28. The highest BCUT2D eigenvalue weighted by Crippen LogP contribution is 2.18. The predicted octanol–water partition coefficient (Wildman–Crippen LogP) is 3.41. The van der Waals surface area contributed by atoms with Crippen molar-refractivity contribution in [2.24, 2.45) is 0 Å². The highest BCUT2D eigenvalue weighted by Gasteiger charge is 2.10. The van der Waals surface area contributed by atoms with Gasteiger partial charge in [0.05, 0.1) is 5.52 Å². The maximum absolute atomic E-state index is 12.0. The van der Waals surface area contributed by atoms with Crippen molar-refractivity contribution in [3.63, 3.8) is 0 Å². The van der Waals surface area contributed by atoms with E-state index in [2.05, 4.69) is 17.2 Å². The van der Waals surface area contributed by atoms with Crippen LogP contribution in [0.1, 0.15) is 11.1 Å². The number of amides is 2. The topological polar surface area (TPSA) is 76.3 Å². The van der Waals surface area contributed by atoms with Crippen molar-refractivity contribution in [3.05, 3.63) is 76.8 Å².